The third kappa shape index (κ3) is 1.68. The molecule has 8 heteroatoms. The van der Waals surface area contributed by atoms with Crippen LogP contribution in [0, 0.1) is 10.1 Å². The first-order chi connectivity index (χ1) is 6.43. The van der Waals surface area contributed by atoms with Gasteiger partial charge in [-0.1, -0.05) is 0 Å². The average Bonchev–Trinajstić information content (AvgIpc) is 2.07. The molecule has 1 aromatic rings. The molecule has 0 fully saturated rings. The predicted molar refractivity (Wildman–Crippen MR) is 41.9 cm³/mol. The first-order valence-corrected chi connectivity index (χ1v) is 3.35. The third-order valence-electron chi connectivity index (χ3n) is 1.44. The summed E-state index contributed by atoms with van der Waals surface area (Å²) in [6.45, 7) is 0. The van der Waals surface area contributed by atoms with E-state index in [4.69, 9.17) is 10.8 Å². The molecule has 76 valence electrons. The molecule has 0 radical (unpaired) electrons. The molecule has 0 aliphatic carbocycles. The van der Waals surface area contributed by atoms with Gasteiger partial charge in [-0.05, 0) is 0 Å². The molecule has 1 aromatic heterocycles. The van der Waals surface area contributed by atoms with E-state index in [1.807, 2.05) is 0 Å². The molecule has 3 N–H and O–H groups in total. The molecule has 0 saturated carbocycles. The van der Waals surface area contributed by atoms with Crippen molar-refractivity contribution in [2.45, 2.75) is 6.43 Å². The zero-order chi connectivity index (χ0) is 10.9. The molecule has 6 nitrogen and oxygen atoms in total. The Labute approximate surface area is 76.1 Å². The van der Waals surface area contributed by atoms with Crippen molar-refractivity contribution in [2.24, 2.45) is 0 Å². The van der Waals surface area contributed by atoms with E-state index in [1.165, 1.54) is 0 Å². The van der Waals surface area contributed by atoms with Crippen molar-refractivity contribution in [3.63, 3.8) is 0 Å². The van der Waals surface area contributed by atoms with Crippen molar-refractivity contribution >= 4 is 11.5 Å². The molecule has 0 spiro atoms. The highest BCUT2D eigenvalue weighted by Crippen LogP contribution is 2.32. The van der Waals surface area contributed by atoms with Crippen molar-refractivity contribution in [1.29, 1.82) is 0 Å². The maximum Gasteiger partial charge on any atom is 0.314 e. The second-order valence-corrected chi connectivity index (χ2v) is 2.35. The van der Waals surface area contributed by atoms with Crippen LogP contribution >= 0.6 is 0 Å². The minimum absolute atomic E-state index is 0.545. The Hall–Kier alpha value is -1.99. The molecular formula is C6H5F2N3O3. The van der Waals surface area contributed by atoms with E-state index < -0.39 is 34.3 Å². The van der Waals surface area contributed by atoms with Crippen LogP contribution in [0.25, 0.3) is 0 Å². The van der Waals surface area contributed by atoms with Gasteiger partial charge in [0.25, 0.3) is 6.43 Å². The Morgan fingerprint density at radius 1 is 1.64 bits per heavy atom. The summed E-state index contributed by atoms with van der Waals surface area (Å²) in [6.07, 6.45) is -3.03. The van der Waals surface area contributed by atoms with E-state index in [0.717, 1.165) is 0 Å². The number of nitro groups is 1. The van der Waals surface area contributed by atoms with Crippen LogP contribution in [-0.2, 0) is 0 Å². The van der Waals surface area contributed by atoms with Gasteiger partial charge in [-0.2, -0.15) is 0 Å². The highest BCUT2D eigenvalue weighted by molar-refractivity contribution is 5.56. The maximum atomic E-state index is 12.1. The standard InChI is InChI=1S/C6H5F2N3O3/c7-5(8)4-3(12)1-2(11(13)14)6(9)10-4/h1,5,12H,(H2,9,10). The van der Waals surface area contributed by atoms with Gasteiger partial charge in [0.05, 0.1) is 11.0 Å². The SMILES string of the molecule is Nc1nc(C(F)F)c(O)cc1[N+](=O)[O-]. The van der Waals surface area contributed by atoms with Crippen molar-refractivity contribution in [2.75, 3.05) is 5.73 Å². The van der Waals surface area contributed by atoms with Crippen molar-refractivity contribution in [1.82, 2.24) is 4.98 Å². The zero-order valence-corrected chi connectivity index (χ0v) is 6.65. The van der Waals surface area contributed by atoms with Crippen LogP contribution < -0.4 is 5.73 Å². The molecule has 0 aromatic carbocycles. The number of hydrogen-bond donors (Lipinski definition) is 2. The van der Waals surface area contributed by atoms with Crippen LogP contribution in [0.2, 0.25) is 0 Å². The smallest absolute Gasteiger partial charge is 0.314 e. The largest absolute Gasteiger partial charge is 0.506 e. The summed E-state index contributed by atoms with van der Waals surface area (Å²) in [4.78, 5) is 12.4. The van der Waals surface area contributed by atoms with Gasteiger partial charge in [0.2, 0.25) is 5.82 Å². The number of alkyl halides is 2. The van der Waals surface area contributed by atoms with Gasteiger partial charge in [0.15, 0.2) is 5.69 Å². The topological polar surface area (TPSA) is 102 Å². The monoisotopic (exact) mass is 205 g/mol. The van der Waals surface area contributed by atoms with Crippen LogP contribution in [0.1, 0.15) is 12.1 Å². The minimum atomic E-state index is -3.03. The summed E-state index contributed by atoms with van der Waals surface area (Å²) in [5.41, 5.74) is 3.37. The Morgan fingerprint density at radius 3 is 2.64 bits per heavy atom. The van der Waals surface area contributed by atoms with E-state index in [-0.39, 0.29) is 0 Å². The number of nitrogens with two attached hydrogens (primary N) is 1. The Morgan fingerprint density at radius 2 is 2.21 bits per heavy atom. The number of pyridine rings is 1. The quantitative estimate of drug-likeness (QED) is 0.558. The van der Waals surface area contributed by atoms with E-state index in [1.54, 1.807) is 0 Å². The van der Waals surface area contributed by atoms with Gasteiger partial charge >= 0.3 is 5.69 Å². The first kappa shape index (κ1) is 10.1. The number of anilines is 1. The molecule has 14 heavy (non-hydrogen) atoms. The summed E-state index contributed by atoms with van der Waals surface area (Å²) < 4.78 is 24.2. The predicted octanol–water partition coefficient (Wildman–Crippen LogP) is 1.22. The Bertz CT molecular complexity index is 383. The minimum Gasteiger partial charge on any atom is -0.506 e. The summed E-state index contributed by atoms with van der Waals surface area (Å²) in [6, 6.07) is 0.545. The summed E-state index contributed by atoms with van der Waals surface area (Å²) in [5, 5.41) is 19.2. The molecule has 0 unspecified atom stereocenters. The number of aromatic hydroxyl groups is 1. The lowest BCUT2D eigenvalue weighted by molar-refractivity contribution is -0.384. The molecule has 0 saturated heterocycles. The molecule has 1 heterocycles. The molecule has 0 aliphatic heterocycles. The van der Waals surface area contributed by atoms with Gasteiger partial charge in [-0.3, -0.25) is 10.1 Å². The van der Waals surface area contributed by atoms with Crippen molar-refractivity contribution in [3.05, 3.63) is 21.9 Å². The highest BCUT2D eigenvalue weighted by Gasteiger charge is 2.22. The highest BCUT2D eigenvalue weighted by atomic mass is 19.3. The lowest BCUT2D eigenvalue weighted by Crippen LogP contribution is -2.02. The van der Waals surface area contributed by atoms with E-state index in [2.05, 4.69) is 4.98 Å². The molecule has 0 aliphatic rings. The van der Waals surface area contributed by atoms with Crippen LogP contribution in [0.3, 0.4) is 0 Å². The van der Waals surface area contributed by atoms with Crippen LogP contribution in [0.5, 0.6) is 5.75 Å². The summed E-state index contributed by atoms with van der Waals surface area (Å²) in [7, 11) is 0. The van der Waals surface area contributed by atoms with E-state index in [9.17, 15) is 18.9 Å². The number of halogens is 2. The third-order valence-corrected chi connectivity index (χ3v) is 1.44. The fourth-order valence-electron chi connectivity index (χ4n) is 0.829. The second kappa shape index (κ2) is 3.40. The number of aromatic nitrogens is 1. The van der Waals surface area contributed by atoms with E-state index in [0.29, 0.717) is 6.07 Å². The van der Waals surface area contributed by atoms with Gasteiger partial charge in [-0.25, -0.2) is 13.8 Å². The lowest BCUT2D eigenvalue weighted by atomic mass is 10.3. The number of hydrogen-bond acceptors (Lipinski definition) is 5. The fourth-order valence-corrected chi connectivity index (χ4v) is 0.829. The number of nitrogen functional groups attached to an aromatic ring is 1. The van der Waals surface area contributed by atoms with Crippen molar-refractivity contribution < 1.29 is 18.8 Å². The van der Waals surface area contributed by atoms with E-state index >= 15 is 0 Å². The first-order valence-electron chi connectivity index (χ1n) is 3.35. The second-order valence-electron chi connectivity index (χ2n) is 2.35. The van der Waals surface area contributed by atoms with Crippen LogP contribution in [0.15, 0.2) is 6.07 Å². The van der Waals surface area contributed by atoms with Gasteiger partial charge in [-0.15, -0.1) is 0 Å². The molecule has 0 atom stereocenters. The van der Waals surface area contributed by atoms with Crippen molar-refractivity contribution in [3.8, 4) is 5.75 Å². The Balaban J connectivity index is 3.31. The Kier molecular flexibility index (Phi) is 2.45. The average molecular weight is 205 g/mol. The van der Waals surface area contributed by atoms with Crippen LogP contribution in [-0.4, -0.2) is 15.0 Å². The summed E-state index contributed by atoms with van der Waals surface area (Å²) in [5.74, 6) is -1.59. The fraction of sp³-hybridized carbons (Fsp3) is 0.167. The number of nitrogens with zero attached hydrogens (tertiary/aromatic N) is 2. The summed E-state index contributed by atoms with van der Waals surface area (Å²) >= 11 is 0. The van der Waals surface area contributed by atoms with Crippen LogP contribution in [0.4, 0.5) is 20.3 Å². The molecule has 0 amide bonds. The van der Waals surface area contributed by atoms with Gasteiger partial charge in [0, 0.05) is 0 Å². The zero-order valence-electron chi connectivity index (χ0n) is 6.65. The number of rotatable bonds is 2. The normalized spacial score (nSPS) is 10.5. The van der Waals surface area contributed by atoms with Gasteiger partial charge < -0.3 is 10.8 Å². The lowest BCUT2D eigenvalue weighted by Gasteiger charge is -2.03. The molecule has 0 bridgehead atoms. The molecule has 1 rings (SSSR count). The maximum absolute atomic E-state index is 12.1. The molecular weight excluding hydrogens is 200 g/mol. The van der Waals surface area contributed by atoms with Gasteiger partial charge in [0.1, 0.15) is 5.75 Å².